The smallest absolute Gasteiger partial charge is 0.347 e. The van der Waals surface area contributed by atoms with Gasteiger partial charge in [-0.1, -0.05) is 47.7 Å². The molecule has 30 heavy (non-hydrogen) atoms. The van der Waals surface area contributed by atoms with Gasteiger partial charge in [0.25, 0.3) is 0 Å². The highest BCUT2D eigenvalue weighted by Gasteiger charge is 2.49. The summed E-state index contributed by atoms with van der Waals surface area (Å²) < 4.78 is 10.9. The number of rotatable bonds is 4. The fourth-order valence-corrected chi connectivity index (χ4v) is 5.55. The number of halogens is 1. The van der Waals surface area contributed by atoms with Crippen LogP contribution >= 0.6 is 35.6 Å². The van der Waals surface area contributed by atoms with Crippen molar-refractivity contribution in [2.24, 2.45) is 0 Å². The number of carbonyl (C=O) groups is 1. The summed E-state index contributed by atoms with van der Waals surface area (Å²) in [5.41, 5.74) is 1.41. The van der Waals surface area contributed by atoms with E-state index < -0.39 is 16.9 Å². The van der Waals surface area contributed by atoms with Gasteiger partial charge in [0.15, 0.2) is 11.5 Å². The SMILES string of the molecule is CC1(C)SC(=S)N(Cc2ccc3c(c2)OCO3)[C@@H]1N(O)C(=O)Nc1cccc(Cl)c1. The number of hydrogen-bond donors (Lipinski definition) is 2. The lowest BCUT2D eigenvalue weighted by atomic mass is 10.1. The van der Waals surface area contributed by atoms with Gasteiger partial charge in [0.1, 0.15) is 10.5 Å². The summed E-state index contributed by atoms with van der Waals surface area (Å²) >= 11 is 13.0. The molecule has 158 valence electrons. The number of hydrogen-bond acceptors (Lipinski definition) is 6. The van der Waals surface area contributed by atoms with Crippen molar-refractivity contribution in [2.75, 3.05) is 12.1 Å². The molecule has 2 aliphatic heterocycles. The van der Waals surface area contributed by atoms with Crippen molar-refractivity contribution in [3.05, 3.63) is 53.1 Å². The van der Waals surface area contributed by atoms with E-state index in [2.05, 4.69) is 5.32 Å². The van der Waals surface area contributed by atoms with Crippen LogP contribution in [0.1, 0.15) is 19.4 Å². The Labute approximate surface area is 188 Å². The molecular formula is C20H20ClN3O4S2. The average molecular weight is 466 g/mol. The van der Waals surface area contributed by atoms with E-state index in [0.29, 0.717) is 38.1 Å². The average Bonchev–Trinajstić information content (AvgIpc) is 3.22. The minimum Gasteiger partial charge on any atom is -0.454 e. The van der Waals surface area contributed by atoms with E-state index in [4.69, 9.17) is 33.3 Å². The molecule has 2 aromatic rings. The highest BCUT2D eigenvalue weighted by molar-refractivity contribution is 8.24. The number of hydroxylamine groups is 2. The summed E-state index contributed by atoms with van der Waals surface area (Å²) in [6, 6.07) is 11.7. The molecule has 2 heterocycles. The molecule has 10 heteroatoms. The maximum atomic E-state index is 12.8. The minimum atomic E-state index is -0.681. The Bertz CT molecular complexity index is 1000. The van der Waals surface area contributed by atoms with Gasteiger partial charge in [-0.05, 0) is 49.7 Å². The molecule has 7 nitrogen and oxygen atoms in total. The van der Waals surface area contributed by atoms with E-state index in [-0.39, 0.29) is 6.79 Å². The number of fused-ring (bicyclic) bond motifs is 1. The van der Waals surface area contributed by atoms with Crippen LogP contribution in [0.25, 0.3) is 0 Å². The number of nitrogens with one attached hydrogen (secondary N) is 1. The Morgan fingerprint density at radius 3 is 2.87 bits per heavy atom. The number of carbonyl (C=O) groups excluding carboxylic acids is 1. The lowest BCUT2D eigenvalue weighted by Crippen LogP contribution is -2.55. The molecule has 0 unspecified atom stereocenters. The maximum Gasteiger partial charge on any atom is 0.347 e. The first-order chi connectivity index (χ1) is 14.2. The molecule has 2 aliphatic rings. The summed E-state index contributed by atoms with van der Waals surface area (Å²) in [6.07, 6.45) is -0.681. The standard InChI is InChI=1S/C20H20ClN3O4S2/c1-20(2)17(24(26)18(25)22-14-5-3-4-13(21)9-14)23(19(29)30-20)10-12-6-7-15-16(8-12)28-11-27-15/h3-9,17,26H,10-11H2,1-2H3,(H,22,25)/t17-/m1/s1. The van der Waals surface area contributed by atoms with E-state index in [0.717, 1.165) is 5.56 Å². The largest absolute Gasteiger partial charge is 0.454 e. The molecular weight excluding hydrogens is 446 g/mol. The Kier molecular flexibility index (Phi) is 5.71. The van der Waals surface area contributed by atoms with Crippen LogP contribution in [0, 0.1) is 0 Å². The van der Waals surface area contributed by atoms with Crippen LogP contribution in [0.2, 0.25) is 5.02 Å². The summed E-state index contributed by atoms with van der Waals surface area (Å²) in [4.78, 5) is 14.6. The number of anilines is 1. The zero-order valence-corrected chi connectivity index (χ0v) is 18.7. The molecule has 0 bridgehead atoms. The first-order valence-electron chi connectivity index (χ1n) is 9.17. The molecule has 2 amide bonds. The Morgan fingerprint density at radius 2 is 2.10 bits per heavy atom. The van der Waals surface area contributed by atoms with Crippen molar-refractivity contribution in [1.82, 2.24) is 9.96 Å². The Hall–Kier alpha value is -2.20. The Balaban J connectivity index is 1.55. The van der Waals surface area contributed by atoms with Gasteiger partial charge < -0.3 is 19.7 Å². The van der Waals surface area contributed by atoms with E-state index in [9.17, 15) is 10.0 Å². The van der Waals surface area contributed by atoms with Crippen molar-refractivity contribution in [2.45, 2.75) is 31.3 Å². The molecule has 0 spiro atoms. The highest BCUT2D eigenvalue weighted by atomic mass is 35.5. The number of nitrogens with zero attached hydrogens (tertiary/aromatic N) is 2. The van der Waals surface area contributed by atoms with Crippen molar-refractivity contribution in [3.8, 4) is 11.5 Å². The summed E-state index contributed by atoms with van der Waals surface area (Å²) in [7, 11) is 0. The molecule has 1 fully saturated rings. The van der Waals surface area contributed by atoms with Crippen LogP contribution in [0.5, 0.6) is 11.5 Å². The normalized spacial score (nSPS) is 19.1. The number of urea groups is 1. The molecule has 2 N–H and O–H groups in total. The minimum absolute atomic E-state index is 0.195. The molecule has 0 radical (unpaired) electrons. The first-order valence-corrected chi connectivity index (χ1v) is 10.8. The van der Waals surface area contributed by atoms with E-state index in [1.807, 2.05) is 36.9 Å². The van der Waals surface area contributed by atoms with Gasteiger partial charge in [-0.15, -0.1) is 0 Å². The zero-order valence-electron chi connectivity index (χ0n) is 16.3. The van der Waals surface area contributed by atoms with Crippen LogP contribution in [0.15, 0.2) is 42.5 Å². The third-order valence-corrected chi connectivity index (χ3v) is 6.67. The second-order valence-corrected chi connectivity index (χ2v) is 10.2. The van der Waals surface area contributed by atoms with E-state index >= 15 is 0 Å². The number of thiocarbonyl (C=S) groups is 1. The van der Waals surface area contributed by atoms with Crippen molar-refractivity contribution in [3.63, 3.8) is 0 Å². The maximum absolute atomic E-state index is 12.8. The molecule has 4 rings (SSSR count). The number of thioether (sulfide) groups is 1. The van der Waals surface area contributed by atoms with Crippen LogP contribution in [-0.4, -0.2) is 43.2 Å². The second-order valence-electron chi connectivity index (χ2n) is 7.45. The van der Waals surface area contributed by atoms with Crippen molar-refractivity contribution < 1.29 is 19.5 Å². The second kappa shape index (κ2) is 8.14. The summed E-state index contributed by atoms with van der Waals surface area (Å²) in [6.45, 7) is 4.47. The third kappa shape index (κ3) is 4.15. The molecule has 0 aromatic heterocycles. The van der Waals surface area contributed by atoms with Gasteiger partial charge in [-0.25, -0.2) is 4.79 Å². The topological polar surface area (TPSA) is 74.3 Å². The monoisotopic (exact) mass is 465 g/mol. The van der Waals surface area contributed by atoms with Gasteiger partial charge >= 0.3 is 6.03 Å². The number of amides is 2. The van der Waals surface area contributed by atoms with E-state index in [1.54, 1.807) is 24.3 Å². The van der Waals surface area contributed by atoms with Crippen molar-refractivity contribution >= 4 is 51.6 Å². The fourth-order valence-electron chi connectivity index (χ4n) is 3.48. The summed E-state index contributed by atoms with van der Waals surface area (Å²) in [5.74, 6) is 1.36. The van der Waals surface area contributed by atoms with Crippen LogP contribution in [-0.2, 0) is 6.54 Å². The van der Waals surface area contributed by atoms with E-state index in [1.165, 1.54) is 11.8 Å². The molecule has 0 saturated carbocycles. The third-order valence-electron chi connectivity index (χ3n) is 4.81. The fraction of sp³-hybridized carbons (Fsp3) is 0.300. The van der Waals surface area contributed by atoms with Gasteiger partial charge in [0, 0.05) is 17.3 Å². The van der Waals surface area contributed by atoms with Gasteiger partial charge in [0.2, 0.25) is 6.79 Å². The van der Waals surface area contributed by atoms with Gasteiger partial charge in [-0.2, -0.15) is 5.06 Å². The molecule has 1 saturated heterocycles. The predicted molar refractivity (Wildman–Crippen MR) is 120 cm³/mol. The quantitative estimate of drug-likeness (QED) is 0.376. The molecule has 1 atom stereocenters. The Morgan fingerprint density at radius 1 is 1.33 bits per heavy atom. The van der Waals surface area contributed by atoms with Crippen molar-refractivity contribution in [1.29, 1.82) is 0 Å². The predicted octanol–water partition coefficient (Wildman–Crippen LogP) is 4.93. The van der Waals surface area contributed by atoms with Gasteiger partial charge in [0.05, 0.1) is 4.75 Å². The lowest BCUT2D eigenvalue weighted by molar-refractivity contribution is -0.115. The van der Waals surface area contributed by atoms with Crippen LogP contribution in [0.3, 0.4) is 0 Å². The van der Waals surface area contributed by atoms with Gasteiger partial charge in [-0.3, -0.25) is 5.21 Å². The van der Waals surface area contributed by atoms with Crippen LogP contribution < -0.4 is 14.8 Å². The lowest BCUT2D eigenvalue weighted by Gasteiger charge is -2.36. The van der Waals surface area contributed by atoms with Crippen LogP contribution in [0.4, 0.5) is 10.5 Å². The molecule has 0 aliphatic carbocycles. The number of benzene rings is 2. The number of ether oxygens (including phenoxy) is 2. The zero-order chi connectivity index (χ0) is 21.5. The summed E-state index contributed by atoms with van der Waals surface area (Å²) in [5, 5.41) is 14.7. The highest BCUT2D eigenvalue weighted by Crippen LogP contribution is 2.44. The molecule has 2 aromatic carbocycles. The first kappa shape index (κ1) is 21.0.